The maximum atomic E-state index is 12.0. The summed E-state index contributed by atoms with van der Waals surface area (Å²) >= 11 is 0. The summed E-state index contributed by atoms with van der Waals surface area (Å²) in [4.78, 5) is 35.8. The minimum atomic E-state index is -1.06. The fraction of sp³-hybridized carbons (Fsp3) is 0.192. The molecule has 7 nitrogen and oxygen atoms in total. The Balaban J connectivity index is 1.83. The number of hydrogen-bond acceptors (Lipinski definition) is 6. The molecule has 1 heterocycles. The molecule has 2 aromatic carbocycles. The second-order valence-electron chi connectivity index (χ2n) is 8.59. The van der Waals surface area contributed by atoms with Crippen LogP contribution in [0.3, 0.4) is 0 Å². The number of aromatic carboxylic acids is 1. The molecular weight excluding hydrogens is 424 g/mol. The van der Waals surface area contributed by atoms with Crippen molar-refractivity contribution in [1.82, 2.24) is 0 Å². The highest BCUT2D eigenvalue weighted by Gasteiger charge is 2.24. The van der Waals surface area contributed by atoms with E-state index in [0.717, 1.165) is 0 Å². The van der Waals surface area contributed by atoms with Gasteiger partial charge in [0, 0.05) is 28.6 Å². The zero-order valence-corrected chi connectivity index (χ0v) is 18.4. The average Bonchev–Trinajstić information content (AvgIpc) is 2.76. The summed E-state index contributed by atoms with van der Waals surface area (Å²) < 4.78 is 16.7. The van der Waals surface area contributed by atoms with Crippen LogP contribution in [-0.4, -0.2) is 23.8 Å². The first kappa shape index (κ1) is 22.1. The van der Waals surface area contributed by atoms with Gasteiger partial charge in [0.1, 0.15) is 17.1 Å². The Labute approximate surface area is 189 Å². The smallest absolute Gasteiger partial charge is 0.336 e. The first-order valence-corrected chi connectivity index (χ1v) is 10.3. The lowest BCUT2D eigenvalue weighted by atomic mass is 9.91. The molecule has 2 aliphatic rings. The molecule has 2 aromatic rings. The Kier molecular flexibility index (Phi) is 5.64. The van der Waals surface area contributed by atoms with Gasteiger partial charge in [0.2, 0.25) is 6.79 Å². The number of benzene rings is 3. The third-order valence-electron chi connectivity index (χ3n) is 5.12. The average molecular weight is 446 g/mol. The summed E-state index contributed by atoms with van der Waals surface area (Å²) in [6, 6.07) is 16.1. The minimum absolute atomic E-state index is 0.131. The number of hydrogen-bond donors (Lipinski definition) is 1. The highest BCUT2D eigenvalue weighted by molar-refractivity contribution is 6.07. The first-order chi connectivity index (χ1) is 15.6. The largest absolute Gasteiger partial charge is 0.478 e. The predicted molar refractivity (Wildman–Crippen MR) is 123 cm³/mol. The summed E-state index contributed by atoms with van der Waals surface area (Å²) in [6.45, 7) is 4.97. The maximum Gasteiger partial charge on any atom is 0.336 e. The second kappa shape index (κ2) is 8.43. The van der Waals surface area contributed by atoms with Crippen LogP contribution < -0.4 is 10.2 Å². The van der Waals surface area contributed by atoms with Gasteiger partial charge in [-0.3, -0.25) is 9.59 Å². The van der Waals surface area contributed by atoms with Crippen molar-refractivity contribution in [2.75, 3.05) is 6.79 Å². The molecule has 1 aliphatic heterocycles. The third-order valence-corrected chi connectivity index (χ3v) is 5.12. The Morgan fingerprint density at radius 3 is 2.45 bits per heavy atom. The summed E-state index contributed by atoms with van der Waals surface area (Å²) in [6.07, 6.45) is 0. The van der Waals surface area contributed by atoms with Gasteiger partial charge >= 0.3 is 11.9 Å². The highest BCUT2D eigenvalue weighted by Crippen LogP contribution is 2.41. The molecule has 0 spiro atoms. The van der Waals surface area contributed by atoms with Gasteiger partial charge in [-0.2, -0.15) is 0 Å². The van der Waals surface area contributed by atoms with Gasteiger partial charge < -0.3 is 19.0 Å². The second-order valence-corrected chi connectivity index (χ2v) is 8.59. The van der Waals surface area contributed by atoms with Gasteiger partial charge in [0.25, 0.3) is 0 Å². The van der Waals surface area contributed by atoms with Crippen LogP contribution in [0.25, 0.3) is 33.4 Å². The van der Waals surface area contributed by atoms with E-state index in [2.05, 4.69) is 0 Å². The van der Waals surface area contributed by atoms with Gasteiger partial charge in [-0.25, -0.2) is 4.79 Å². The van der Waals surface area contributed by atoms with Crippen molar-refractivity contribution in [3.63, 3.8) is 0 Å². The molecule has 0 bridgehead atoms. The molecule has 168 valence electrons. The standard InChI is InChI=1S/C26H22O7/c1-26(2,3)25(30)32-14-31-16-9-11-20-22(13-16)33-21-12-15(27)8-10-19(21)23(20)17-6-4-5-7-18(17)24(28)29/h4-13H,14H2,1-3H3,(H,28,29). The van der Waals surface area contributed by atoms with E-state index in [4.69, 9.17) is 13.9 Å². The van der Waals surface area contributed by atoms with Crippen molar-refractivity contribution in [3.8, 4) is 28.2 Å². The van der Waals surface area contributed by atoms with Crippen LogP contribution >= 0.6 is 0 Å². The third kappa shape index (κ3) is 4.43. The van der Waals surface area contributed by atoms with Crippen LogP contribution in [0.2, 0.25) is 0 Å². The molecule has 0 aromatic heterocycles. The van der Waals surface area contributed by atoms with Crippen molar-refractivity contribution >= 4 is 22.9 Å². The molecule has 33 heavy (non-hydrogen) atoms. The lowest BCUT2D eigenvalue weighted by Gasteiger charge is -2.18. The van der Waals surface area contributed by atoms with Gasteiger partial charge in [0.05, 0.1) is 11.0 Å². The SMILES string of the molecule is CC(C)(C)C(=O)OCOc1ccc2c(-c3ccccc3C(=O)O)c3ccc(=O)cc-3oc2c1. The zero-order valence-electron chi connectivity index (χ0n) is 18.4. The van der Waals surface area contributed by atoms with E-state index in [9.17, 15) is 19.5 Å². The molecule has 7 heteroatoms. The Hall–Kier alpha value is -4.13. The van der Waals surface area contributed by atoms with E-state index in [-0.39, 0.29) is 17.8 Å². The molecule has 0 fully saturated rings. The summed E-state index contributed by atoms with van der Waals surface area (Å²) in [5, 5.41) is 10.4. The van der Waals surface area contributed by atoms with Crippen LogP contribution in [0.4, 0.5) is 0 Å². The first-order valence-electron chi connectivity index (χ1n) is 10.3. The fourth-order valence-electron chi connectivity index (χ4n) is 3.49. The molecule has 0 radical (unpaired) electrons. The molecular formula is C26H22O7. The van der Waals surface area contributed by atoms with Gasteiger partial charge in [0.15, 0.2) is 5.43 Å². The van der Waals surface area contributed by atoms with Gasteiger partial charge in [-0.1, -0.05) is 18.2 Å². The molecule has 0 unspecified atom stereocenters. The van der Waals surface area contributed by atoms with Crippen LogP contribution in [0.5, 0.6) is 5.75 Å². The number of rotatable bonds is 5. The Morgan fingerprint density at radius 1 is 0.970 bits per heavy atom. The number of esters is 1. The fourth-order valence-corrected chi connectivity index (χ4v) is 3.49. The number of carboxylic acid groups (broad SMARTS) is 1. The predicted octanol–water partition coefficient (Wildman–Crippen LogP) is 5.19. The lowest BCUT2D eigenvalue weighted by Crippen LogP contribution is -2.24. The molecule has 4 rings (SSSR count). The van der Waals surface area contributed by atoms with Crippen molar-refractivity contribution in [2.24, 2.45) is 5.41 Å². The van der Waals surface area contributed by atoms with Crippen LogP contribution in [0, 0.1) is 5.41 Å². The van der Waals surface area contributed by atoms with E-state index in [1.54, 1.807) is 63.2 Å². The molecule has 0 amide bonds. The number of carbonyl (C=O) groups excluding carboxylic acids is 1. The van der Waals surface area contributed by atoms with Gasteiger partial charge in [-0.05, 0) is 56.7 Å². The minimum Gasteiger partial charge on any atom is -0.478 e. The number of carbonyl (C=O) groups is 2. The summed E-state index contributed by atoms with van der Waals surface area (Å²) in [5.41, 5.74) is 1.39. The maximum absolute atomic E-state index is 12.0. The normalized spacial score (nSPS) is 11.5. The van der Waals surface area contributed by atoms with E-state index in [1.807, 2.05) is 0 Å². The van der Waals surface area contributed by atoms with Crippen molar-refractivity contribution < 1.29 is 28.6 Å². The summed E-state index contributed by atoms with van der Waals surface area (Å²) in [7, 11) is 0. The Bertz CT molecular complexity index is 1390. The van der Waals surface area contributed by atoms with Crippen LogP contribution in [0.15, 0.2) is 69.9 Å². The van der Waals surface area contributed by atoms with E-state index in [1.165, 1.54) is 18.2 Å². The Morgan fingerprint density at radius 2 is 1.73 bits per heavy atom. The van der Waals surface area contributed by atoms with E-state index >= 15 is 0 Å². The topological polar surface area (TPSA) is 103 Å². The van der Waals surface area contributed by atoms with Crippen molar-refractivity contribution in [1.29, 1.82) is 0 Å². The molecule has 0 atom stereocenters. The van der Waals surface area contributed by atoms with Crippen molar-refractivity contribution in [3.05, 3.63) is 76.5 Å². The zero-order chi connectivity index (χ0) is 23.8. The molecule has 1 aliphatic carbocycles. The molecule has 0 saturated carbocycles. The number of carboxylic acids is 1. The number of ether oxygens (including phenoxy) is 2. The monoisotopic (exact) mass is 446 g/mol. The molecule has 0 saturated heterocycles. The summed E-state index contributed by atoms with van der Waals surface area (Å²) in [5.74, 6) is -0.743. The van der Waals surface area contributed by atoms with E-state index < -0.39 is 17.4 Å². The molecule has 1 N–H and O–H groups in total. The highest BCUT2D eigenvalue weighted by atomic mass is 16.7. The van der Waals surface area contributed by atoms with Crippen molar-refractivity contribution in [2.45, 2.75) is 20.8 Å². The van der Waals surface area contributed by atoms with Gasteiger partial charge in [-0.15, -0.1) is 0 Å². The number of fused-ring (bicyclic) bond motifs is 2. The quantitative estimate of drug-likeness (QED) is 0.256. The van der Waals surface area contributed by atoms with Crippen LogP contribution in [0.1, 0.15) is 31.1 Å². The van der Waals surface area contributed by atoms with Crippen LogP contribution in [-0.2, 0) is 9.53 Å². The lowest BCUT2D eigenvalue weighted by molar-refractivity contribution is -0.159. The van der Waals surface area contributed by atoms with E-state index in [0.29, 0.717) is 39.2 Å².